The lowest BCUT2D eigenvalue weighted by molar-refractivity contribution is -0.141. The molecule has 0 saturated heterocycles. The third-order valence-electron chi connectivity index (χ3n) is 3.04. The van der Waals surface area contributed by atoms with Crippen LogP contribution in [0.4, 0.5) is 0 Å². The van der Waals surface area contributed by atoms with Gasteiger partial charge in [0.05, 0.1) is 11.2 Å². The van der Waals surface area contributed by atoms with E-state index < -0.39 is 12.0 Å². The van der Waals surface area contributed by atoms with Crippen LogP contribution < -0.4 is 5.32 Å². The Morgan fingerprint density at radius 1 is 1.45 bits per heavy atom. The SMILES string of the molecule is CCCc1ncc(C(=O)N(CCNC(C)=O)C(C)C(=O)O)s1. The van der Waals surface area contributed by atoms with E-state index in [1.165, 1.54) is 36.3 Å². The first-order valence-corrected chi connectivity index (χ1v) is 7.91. The molecule has 1 rings (SSSR count). The van der Waals surface area contributed by atoms with Crippen LogP contribution in [-0.4, -0.2) is 51.9 Å². The number of nitrogens with zero attached hydrogens (tertiary/aromatic N) is 2. The largest absolute Gasteiger partial charge is 0.480 e. The number of carbonyl (C=O) groups excluding carboxylic acids is 2. The minimum atomic E-state index is -1.09. The molecule has 0 aromatic carbocycles. The van der Waals surface area contributed by atoms with Crippen LogP contribution in [-0.2, 0) is 16.0 Å². The Hall–Kier alpha value is -1.96. The molecule has 2 N–H and O–H groups in total. The van der Waals surface area contributed by atoms with Crippen molar-refractivity contribution in [1.82, 2.24) is 15.2 Å². The highest BCUT2D eigenvalue weighted by atomic mass is 32.1. The van der Waals surface area contributed by atoms with Crippen LogP contribution in [0.15, 0.2) is 6.20 Å². The first-order chi connectivity index (χ1) is 10.4. The van der Waals surface area contributed by atoms with E-state index in [2.05, 4.69) is 10.3 Å². The van der Waals surface area contributed by atoms with Crippen LogP contribution in [0.25, 0.3) is 0 Å². The summed E-state index contributed by atoms with van der Waals surface area (Å²) in [6.07, 6.45) is 3.20. The molecule has 7 nitrogen and oxygen atoms in total. The third-order valence-corrected chi connectivity index (χ3v) is 4.09. The van der Waals surface area contributed by atoms with E-state index in [0.717, 1.165) is 17.8 Å². The van der Waals surface area contributed by atoms with E-state index in [-0.39, 0.29) is 24.9 Å². The van der Waals surface area contributed by atoms with Gasteiger partial charge >= 0.3 is 5.97 Å². The van der Waals surface area contributed by atoms with Crippen LogP contribution >= 0.6 is 11.3 Å². The zero-order valence-corrected chi connectivity index (χ0v) is 13.8. The van der Waals surface area contributed by atoms with E-state index >= 15 is 0 Å². The van der Waals surface area contributed by atoms with Crippen molar-refractivity contribution >= 4 is 29.1 Å². The van der Waals surface area contributed by atoms with Crippen molar-refractivity contribution in [3.8, 4) is 0 Å². The molecule has 0 aliphatic rings. The highest BCUT2D eigenvalue weighted by Crippen LogP contribution is 2.18. The van der Waals surface area contributed by atoms with Gasteiger partial charge in [0.15, 0.2) is 0 Å². The van der Waals surface area contributed by atoms with Gasteiger partial charge < -0.3 is 15.3 Å². The van der Waals surface area contributed by atoms with Crippen molar-refractivity contribution in [1.29, 1.82) is 0 Å². The first kappa shape index (κ1) is 18.1. The fourth-order valence-electron chi connectivity index (χ4n) is 1.84. The van der Waals surface area contributed by atoms with E-state index in [9.17, 15) is 14.4 Å². The second-order valence-electron chi connectivity index (χ2n) is 4.86. The molecule has 0 fully saturated rings. The van der Waals surface area contributed by atoms with Gasteiger partial charge in [-0.2, -0.15) is 0 Å². The summed E-state index contributed by atoms with van der Waals surface area (Å²) in [6.45, 7) is 5.18. The Kier molecular flexibility index (Phi) is 6.97. The lowest BCUT2D eigenvalue weighted by atomic mass is 10.2. The first-order valence-electron chi connectivity index (χ1n) is 7.09. The summed E-state index contributed by atoms with van der Waals surface area (Å²) < 4.78 is 0. The number of thiazole rings is 1. The van der Waals surface area contributed by atoms with Gasteiger partial charge in [0, 0.05) is 20.0 Å². The summed E-state index contributed by atoms with van der Waals surface area (Å²) in [5.41, 5.74) is 0. The standard InChI is InChI=1S/C14H21N3O4S/c1-4-5-12-16-8-11(22-12)13(19)17(9(2)14(20)21)7-6-15-10(3)18/h8-9H,4-7H2,1-3H3,(H,15,18)(H,20,21). The molecule has 1 aromatic heterocycles. The fourth-order valence-corrected chi connectivity index (χ4v) is 2.81. The molecule has 22 heavy (non-hydrogen) atoms. The quantitative estimate of drug-likeness (QED) is 0.746. The molecule has 0 aliphatic heterocycles. The molecule has 1 unspecified atom stereocenters. The Morgan fingerprint density at radius 2 is 2.14 bits per heavy atom. The summed E-state index contributed by atoms with van der Waals surface area (Å²) in [5, 5.41) is 12.6. The van der Waals surface area contributed by atoms with E-state index in [4.69, 9.17) is 5.11 Å². The van der Waals surface area contributed by atoms with Crippen molar-refractivity contribution in [2.45, 2.75) is 39.7 Å². The molecule has 1 aromatic rings. The lowest BCUT2D eigenvalue weighted by Gasteiger charge is -2.25. The number of hydrogen-bond donors (Lipinski definition) is 2. The minimum Gasteiger partial charge on any atom is -0.480 e. The van der Waals surface area contributed by atoms with Gasteiger partial charge in [-0.15, -0.1) is 11.3 Å². The number of amides is 2. The zero-order valence-electron chi connectivity index (χ0n) is 13.0. The molecule has 0 aliphatic carbocycles. The van der Waals surface area contributed by atoms with Crippen molar-refractivity contribution in [3.63, 3.8) is 0 Å². The van der Waals surface area contributed by atoms with Crippen molar-refractivity contribution < 1.29 is 19.5 Å². The summed E-state index contributed by atoms with van der Waals surface area (Å²) >= 11 is 1.28. The number of carboxylic acid groups (broad SMARTS) is 1. The van der Waals surface area contributed by atoms with Crippen molar-refractivity contribution in [2.75, 3.05) is 13.1 Å². The average molecular weight is 327 g/mol. The van der Waals surface area contributed by atoms with Gasteiger partial charge in [-0.05, 0) is 19.8 Å². The van der Waals surface area contributed by atoms with E-state index in [1.54, 1.807) is 0 Å². The molecule has 1 heterocycles. The maximum atomic E-state index is 12.5. The molecular formula is C14H21N3O4S. The zero-order chi connectivity index (χ0) is 16.7. The van der Waals surface area contributed by atoms with Crippen LogP contribution in [0.2, 0.25) is 0 Å². The number of aryl methyl sites for hydroxylation is 1. The lowest BCUT2D eigenvalue weighted by Crippen LogP contribution is -2.46. The smallest absolute Gasteiger partial charge is 0.326 e. The summed E-state index contributed by atoms with van der Waals surface area (Å²) in [7, 11) is 0. The molecule has 122 valence electrons. The number of carboxylic acids is 1. The maximum absolute atomic E-state index is 12.5. The monoisotopic (exact) mass is 327 g/mol. The molecule has 8 heteroatoms. The topological polar surface area (TPSA) is 99.6 Å². The van der Waals surface area contributed by atoms with Gasteiger partial charge in [0.2, 0.25) is 5.91 Å². The van der Waals surface area contributed by atoms with Crippen LogP contribution in [0.3, 0.4) is 0 Å². The highest BCUT2D eigenvalue weighted by Gasteiger charge is 2.27. The second-order valence-corrected chi connectivity index (χ2v) is 5.98. The van der Waals surface area contributed by atoms with E-state index in [0.29, 0.717) is 4.88 Å². The molecule has 0 saturated carbocycles. The van der Waals surface area contributed by atoms with Crippen LogP contribution in [0, 0.1) is 0 Å². The number of rotatable bonds is 8. The summed E-state index contributed by atoms with van der Waals surface area (Å²) in [4.78, 5) is 40.4. The number of aliphatic carboxylic acids is 1. The molecule has 0 radical (unpaired) electrons. The fraction of sp³-hybridized carbons (Fsp3) is 0.571. The molecule has 2 amide bonds. The second kappa shape index (κ2) is 8.47. The maximum Gasteiger partial charge on any atom is 0.326 e. The Bertz CT molecular complexity index is 544. The third kappa shape index (κ3) is 5.10. The molecular weight excluding hydrogens is 306 g/mol. The Balaban J connectivity index is 2.85. The number of nitrogens with one attached hydrogen (secondary N) is 1. The molecule has 0 bridgehead atoms. The molecule has 0 spiro atoms. The predicted octanol–water partition coefficient (Wildman–Crippen LogP) is 1.15. The highest BCUT2D eigenvalue weighted by molar-refractivity contribution is 7.13. The van der Waals surface area contributed by atoms with Gasteiger partial charge in [0.25, 0.3) is 5.91 Å². The predicted molar refractivity (Wildman–Crippen MR) is 82.9 cm³/mol. The van der Waals surface area contributed by atoms with Crippen LogP contribution in [0.1, 0.15) is 41.9 Å². The summed E-state index contributed by atoms with van der Waals surface area (Å²) in [6, 6.07) is -0.974. The van der Waals surface area contributed by atoms with E-state index in [1.807, 2.05) is 6.92 Å². The van der Waals surface area contributed by atoms with Gasteiger partial charge in [-0.25, -0.2) is 9.78 Å². The number of aromatic nitrogens is 1. The van der Waals surface area contributed by atoms with Crippen molar-refractivity contribution in [2.24, 2.45) is 0 Å². The van der Waals surface area contributed by atoms with Gasteiger partial charge in [0.1, 0.15) is 10.9 Å². The van der Waals surface area contributed by atoms with Gasteiger partial charge in [-0.3, -0.25) is 9.59 Å². The average Bonchev–Trinajstić information content (AvgIpc) is 2.91. The number of hydrogen-bond acceptors (Lipinski definition) is 5. The van der Waals surface area contributed by atoms with Crippen LogP contribution in [0.5, 0.6) is 0 Å². The van der Waals surface area contributed by atoms with Crippen molar-refractivity contribution in [3.05, 3.63) is 16.1 Å². The number of carbonyl (C=O) groups is 3. The van der Waals surface area contributed by atoms with Gasteiger partial charge in [-0.1, -0.05) is 6.92 Å². The Morgan fingerprint density at radius 3 is 2.68 bits per heavy atom. The Labute approximate surface area is 133 Å². The molecule has 1 atom stereocenters. The minimum absolute atomic E-state index is 0.132. The summed E-state index contributed by atoms with van der Waals surface area (Å²) in [5.74, 6) is -1.69. The normalized spacial score (nSPS) is 11.8.